The van der Waals surface area contributed by atoms with E-state index in [1.165, 1.54) is 11.1 Å². The first kappa shape index (κ1) is 11.3. The molecular formula is C14H15OP. The minimum atomic E-state index is 0.105. The molecule has 0 N–H and O–H groups in total. The molecule has 0 aliphatic rings. The minimum Gasteiger partial charge on any atom is -0.357 e. The van der Waals surface area contributed by atoms with Crippen LogP contribution in [0.1, 0.15) is 17.2 Å². The van der Waals surface area contributed by atoms with Gasteiger partial charge in [0.1, 0.15) is 0 Å². The first-order valence-electron chi connectivity index (χ1n) is 5.34. The van der Waals surface area contributed by atoms with Gasteiger partial charge in [-0.2, -0.15) is 0 Å². The first-order valence-corrected chi connectivity index (χ1v) is 5.81. The minimum absolute atomic E-state index is 0.105. The molecule has 2 aromatic carbocycles. The Labute approximate surface area is 98.7 Å². The second-order valence-electron chi connectivity index (χ2n) is 3.73. The van der Waals surface area contributed by atoms with E-state index in [4.69, 9.17) is 4.52 Å². The van der Waals surface area contributed by atoms with Crippen molar-refractivity contribution in [1.29, 1.82) is 0 Å². The zero-order chi connectivity index (χ0) is 11.2. The summed E-state index contributed by atoms with van der Waals surface area (Å²) in [5.41, 5.74) is 2.50. The van der Waals surface area contributed by atoms with Crippen LogP contribution in [-0.4, -0.2) is 0 Å². The van der Waals surface area contributed by atoms with E-state index in [0.29, 0.717) is 0 Å². The van der Waals surface area contributed by atoms with Crippen LogP contribution >= 0.6 is 9.47 Å². The van der Waals surface area contributed by atoms with Gasteiger partial charge in [-0.3, -0.25) is 0 Å². The van der Waals surface area contributed by atoms with Gasteiger partial charge in [0.25, 0.3) is 0 Å². The van der Waals surface area contributed by atoms with E-state index in [9.17, 15) is 0 Å². The topological polar surface area (TPSA) is 9.23 Å². The van der Waals surface area contributed by atoms with E-state index in [1.807, 2.05) is 24.3 Å². The van der Waals surface area contributed by atoms with Crippen LogP contribution in [0.2, 0.25) is 0 Å². The highest BCUT2D eigenvalue weighted by Gasteiger charge is 2.10. The predicted octanol–water partition coefficient (Wildman–Crippen LogP) is 3.78. The lowest BCUT2D eigenvalue weighted by molar-refractivity contribution is 0.246. The Balaban J connectivity index is 2.13. The summed E-state index contributed by atoms with van der Waals surface area (Å²) in [5.74, 6) is 0. The zero-order valence-electron chi connectivity index (χ0n) is 9.04. The van der Waals surface area contributed by atoms with Crippen LogP contribution in [0.4, 0.5) is 0 Å². The quantitative estimate of drug-likeness (QED) is 0.726. The molecule has 0 fully saturated rings. The number of benzene rings is 2. The van der Waals surface area contributed by atoms with Crippen molar-refractivity contribution in [2.75, 3.05) is 0 Å². The Kier molecular flexibility index (Phi) is 4.10. The molecule has 0 bridgehead atoms. The van der Waals surface area contributed by atoms with Crippen molar-refractivity contribution < 1.29 is 4.52 Å². The average molecular weight is 230 g/mol. The third-order valence-corrected chi connectivity index (χ3v) is 2.93. The van der Waals surface area contributed by atoms with Gasteiger partial charge < -0.3 is 4.52 Å². The standard InChI is InChI=1S/C14H15OP/c16-15-14(13-9-5-2-6-10-13)11-12-7-3-1-4-8-12/h1-10,14H,11,16H2. The van der Waals surface area contributed by atoms with Gasteiger partial charge in [0, 0.05) is 15.9 Å². The summed E-state index contributed by atoms with van der Waals surface area (Å²) in [4.78, 5) is 0. The van der Waals surface area contributed by atoms with Crippen LogP contribution < -0.4 is 0 Å². The third-order valence-electron chi connectivity index (χ3n) is 2.60. The molecule has 0 saturated heterocycles. The highest BCUT2D eigenvalue weighted by atomic mass is 31.0. The molecule has 0 heterocycles. The molecule has 2 heteroatoms. The lowest BCUT2D eigenvalue weighted by Crippen LogP contribution is -2.02. The van der Waals surface area contributed by atoms with E-state index in [1.54, 1.807) is 0 Å². The Bertz CT molecular complexity index is 413. The van der Waals surface area contributed by atoms with Crippen LogP contribution in [-0.2, 0) is 10.9 Å². The van der Waals surface area contributed by atoms with E-state index in [2.05, 4.69) is 45.9 Å². The highest BCUT2D eigenvalue weighted by molar-refractivity contribution is 7.09. The Hall–Kier alpha value is -1.17. The van der Waals surface area contributed by atoms with Crippen molar-refractivity contribution in [3.63, 3.8) is 0 Å². The van der Waals surface area contributed by atoms with E-state index < -0.39 is 0 Å². The molecule has 0 radical (unpaired) electrons. The van der Waals surface area contributed by atoms with E-state index in [-0.39, 0.29) is 6.10 Å². The van der Waals surface area contributed by atoms with Crippen molar-refractivity contribution in [3.8, 4) is 0 Å². The zero-order valence-corrected chi connectivity index (χ0v) is 10.2. The summed E-state index contributed by atoms with van der Waals surface area (Å²) < 4.78 is 5.46. The molecule has 0 aliphatic heterocycles. The normalized spacial score (nSPS) is 12.3. The first-order chi connectivity index (χ1) is 7.90. The molecule has 2 aromatic rings. The molecule has 0 aromatic heterocycles. The predicted molar refractivity (Wildman–Crippen MR) is 70.1 cm³/mol. The lowest BCUT2D eigenvalue weighted by Gasteiger charge is -2.15. The molecule has 82 valence electrons. The SMILES string of the molecule is POC(Cc1ccccc1)c1ccccc1. The average Bonchev–Trinajstić information content (AvgIpc) is 2.38. The summed E-state index contributed by atoms with van der Waals surface area (Å²) in [6, 6.07) is 20.7. The third kappa shape index (κ3) is 2.91. The van der Waals surface area contributed by atoms with Gasteiger partial charge >= 0.3 is 0 Å². The maximum atomic E-state index is 5.46. The Morgan fingerprint density at radius 3 is 2.00 bits per heavy atom. The summed E-state index contributed by atoms with van der Waals surface area (Å²) in [7, 11) is 2.36. The molecule has 0 saturated carbocycles. The monoisotopic (exact) mass is 230 g/mol. The lowest BCUT2D eigenvalue weighted by atomic mass is 10.0. The number of rotatable bonds is 4. The summed E-state index contributed by atoms with van der Waals surface area (Å²) in [6.45, 7) is 0. The second-order valence-corrected chi connectivity index (χ2v) is 4.00. The van der Waals surface area contributed by atoms with Crippen LogP contribution in [0.5, 0.6) is 0 Å². The van der Waals surface area contributed by atoms with Gasteiger partial charge in [-0.05, 0) is 11.1 Å². The fourth-order valence-corrected chi connectivity index (χ4v) is 1.99. The maximum Gasteiger partial charge on any atom is 0.0900 e. The number of hydrogen-bond acceptors (Lipinski definition) is 1. The van der Waals surface area contributed by atoms with Gasteiger partial charge in [0.05, 0.1) is 6.10 Å². The van der Waals surface area contributed by atoms with E-state index >= 15 is 0 Å². The fourth-order valence-electron chi connectivity index (χ4n) is 1.74. The van der Waals surface area contributed by atoms with Crippen molar-refractivity contribution in [3.05, 3.63) is 71.8 Å². The van der Waals surface area contributed by atoms with Crippen molar-refractivity contribution in [1.82, 2.24) is 0 Å². The van der Waals surface area contributed by atoms with Crippen LogP contribution in [0.3, 0.4) is 0 Å². The van der Waals surface area contributed by atoms with Crippen molar-refractivity contribution in [2.24, 2.45) is 0 Å². The van der Waals surface area contributed by atoms with Gasteiger partial charge in [-0.15, -0.1) is 0 Å². The van der Waals surface area contributed by atoms with Gasteiger partial charge in [0.2, 0.25) is 0 Å². The molecular weight excluding hydrogens is 215 g/mol. The Morgan fingerprint density at radius 1 is 0.875 bits per heavy atom. The largest absolute Gasteiger partial charge is 0.357 e. The van der Waals surface area contributed by atoms with Gasteiger partial charge in [-0.25, -0.2) is 0 Å². The van der Waals surface area contributed by atoms with Crippen LogP contribution in [0.25, 0.3) is 0 Å². The second kappa shape index (κ2) is 5.79. The molecule has 0 amide bonds. The smallest absolute Gasteiger partial charge is 0.0900 e. The molecule has 0 spiro atoms. The molecule has 1 nitrogen and oxygen atoms in total. The molecule has 0 aliphatic carbocycles. The fraction of sp³-hybridized carbons (Fsp3) is 0.143. The highest BCUT2D eigenvalue weighted by Crippen LogP contribution is 2.24. The van der Waals surface area contributed by atoms with Crippen molar-refractivity contribution in [2.45, 2.75) is 12.5 Å². The van der Waals surface area contributed by atoms with Crippen molar-refractivity contribution >= 4 is 9.47 Å². The van der Waals surface area contributed by atoms with E-state index in [0.717, 1.165) is 6.42 Å². The maximum absolute atomic E-state index is 5.46. The van der Waals surface area contributed by atoms with Crippen LogP contribution in [0.15, 0.2) is 60.7 Å². The summed E-state index contributed by atoms with van der Waals surface area (Å²) >= 11 is 0. The molecule has 2 atom stereocenters. The van der Waals surface area contributed by atoms with Gasteiger partial charge in [0.15, 0.2) is 0 Å². The molecule has 2 rings (SSSR count). The number of hydrogen-bond donors (Lipinski definition) is 0. The Morgan fingerprint density at radius 2 is 1.44 bits per heavy atom. The molecule has 16 heavy (non-hydrogen) atoms. The molecule has 2 unspecified atom stereocenters. The summed E-state index contributed by atoms with van der Waals surface area (Å²) in [5, 5.41) is 0. The summed E-state index contributed by atoms with van der Waals surface area (Å²) in [6.07, 6.45) is 1.00. The van der Waals surface area contributed by atoms with Gasteiger partial charge in [-0.1, -0.05) is 60.7 Å². The van der Waals surface area contributed by atoms with Crippen LogP contribution in [0, 0.1) is 0 Å².